The second kappa shape index (κ2) is 4.40. The molecule has 0 fully saturated rings. The summed E-state index contributed by atoms with van der Waals surface area (Å²) in [5.41, 5.74) is 7.74. The molecule has 0 bridgehead atoms. The lowest BCUT2D eigenvalue weighted by atomic mass is 10.1. The summed E-state index contributed by atoms with van der Waals surface area (Å²) in [5, 5.41) is 1.74. The molecule has 2 N–H and O–H groups in total. The number of nitrogen functional groups attached to an aromatic ring is 1. The molecule has 4 heteroatoms. The van der Waals surface area contributed by atoms with Crippen LogP contribution in [0.4, 0.5) is 5.82 Å². The summed E-state index contributed by atoms with van der Waals surface area (Å²) in [4.78, 5) is 8.10. The Morgan fingerprint density at radius 2 is 2.20 bits per heavy atom. The number of nitrogens with zero attached hydrogens (tertiary/aromatic N) is 2. The molecule has 0 saturated carbocycles. The number of halogens is 1. The van der Waals surface area contributed by atoms with Gasteiger partial charge in [0.25, 0.3) is 0 Å². The third-order valence-corrected chi connectivity index (χ3v) is 2.46. The van der Waals surface area contributed by atoms with Crippen molar-refractivity contribution in [3.8, 4) is 0 Å². The van der Waals surface area contributed by atoms with Gasteiger partial charge in [0, 0.05) is 10.7 Å². The first-order valence-electron chi connectivity index (χ1n) is 4.54. The highest BCUT2D eigenvalue weighted by atomic mass is 79.9. The smallest absolute Gasteiger partial charge is 0.134 e. The Hall–Kier alpha value is -1.42. The maximum absolute atomic E-state index is 5.77. The number of nitrogens with two attached hydrogens (primary N) is 1. The number of allylic oxidation sites excluding steroid dienone is 1. The lowest BCUT2D eigenvalue weighted by Crippen LogP contribution is -1.93. The van der Waals surface area contributed by atoms with Crippen LogP contribution < -0.4 is 5.73 Å². The van der Waals surface area contributed by atoms with Crippen LogP contribution in [0.25, 0.3) is 17.0 Å². The SMILES string of the molecule is Nc1ncnc2ccc(C=CCBr)cc12. The number of aromatic nitrogens is 2. The van der Waals surface area contributed by atoms with E-state index in [0.717, 1.165) is 21.8 Å². The Kier molecular flexibility index (Phi) is 2.97. The molecule has 76 valence electrons. The molecule has 0 atom stereocenters. The van der Waals surface area contributed by atoms with Crippen LogP contribution in [0.2, 0.25) is 0 Å². The summed E-state index contributed by atoms with van der Waals surface area (Å²) in [7, 11) is 0. The minimum atomic E-state index is 0.522. The number of anilines is 1. The van der Waals surface area contributed by atoms with Crippen molar-refractivity contribution in [3.63, 3.8) is 0 Å². The largest absolute Gasteiger partial charge is 0.383 e. The molecule has 2 aromatic rings. The number of rotatable bonds is 2. The molecule has 0 saturated heterocycles. The fraction of sp³-hybridized carbons (Fsp3) is 0.0909. The average Bonchev–Trinajstić information content (AvgIpc) is 2.27. The summed E-state index contributed by atoms with van der Waals surface area (Å²) in [6, 6.07) is 5.94. The third kappa shape index (κ3) is 2.15. The Morgan fingerprint density at radius 1 is 1.33 bits per heavy atom. The van der Waals surface area contributed by atoms with Gasteiger partial charge in [-0.3, -0.25) is 0 Å². The molecule has 0 unspecified atom stereocenters. The molecule has 1 aromatic heterocycles. The van der Waals surface area contributed by atoms with E-state index in [2.05, 4.69) is 25.9 Å². The van der Waals surface area contributed by atoms with Gasteiger partial charge in [-0.05, 0) is 17.7 Å². The van der Waals surface area contributed by atoms with Crippen LogP contribution in [-0.2, 0) is 0 Å². The zero-order valence-corrected chi connectivity index (χ0v) is 9.61. The van der Waals surface area contributed by atoms with Crippen LogP contribution in [0.1, 0.15) is 5.56 Å². The minimum absolute atomic E-state index is 0.522. The van der Waals surface area contributed by atoms with Gasteiger partial charge in [-0.1, -0.05) is 34.1 Å². The molecular weight excluding hydrogens is 254 g/mol. The summed E-state index contributed by atoms with van der Waals surface area (Å²) in [6.45, 7) is 0. The van der Waals surface area contributed by atoms with Gasteiger partial charge in [0.1, 0.15) is 12.1 Å². The predicted octanol–water partition coefficient (Wildman–Crippen LogP) is 2.62. The molecule has 3 nitrogen and oxygen atoms in total. The van der Waals surface area contributed by atoms with Crippen LogP contribution in [0.3, 0.4) is 0 Å². The quantitative estimate of drug-likeness (QED) is 0.848. The Bertz CT molecular complexity index is 508. The molecule has 0 aliphatic rings. The molecule has 1 heterocycles. The fourth-order valence-corrected chi connectivity index (χ4v) is 1.57. The van der Waals surface area contributed by atoms with Crippen LogP contribution >= 0.6 is 15.9 Å². The highest BCUT2D eigenvalue weighted by Gasteiger charge is 1.99. The second-order valence-electron chi connectivity index (χ2n) is 3.09. The Balaban J connectivity index is 2.54. The van der Waals surface area contributed by atoms with Crippen molar-refractivity contribution in [2.75, 3.05) is 11.1 Å². The lowest BCUT2D eigenvalue weighted by Gasteiger charge is -2.00. The van der Waals surface area contributed by atoms with E-state index in [4.69, 9.17) is 5.73 Å². The first kappa shape index (κ1) is 10.1. The van der Waals surface area contributed by atoms with E-state index in [1.165, 1.54) is 6.33 Å². The predicted molar refractivity (Wildman–Crippen MR) is 66.8 cm³/mol. The summed E-state index contributed by atoms with van der Waals surface area (Å²) in [5.74, 6) is 0.522. The van der Waals surface area contributed by atoms with Crippen LogP contribution in [0.15, 0.2) is 30.6 Å². The summed E-state index contributed by atoms with van der Waals surface area (Å²) < 4.78 is 0. The minimum Gasteiger partial charge on any atom is -0.383 e. The normalized spacial score (nSPS) is 11.3. The fourth-order valence-electron chi connectivity index (χ4n) is 1.38. The Labute approximate surface area is 96.2 Å². The molecule has 0 radical (unpaired) electrons. The van der Waals surface area contributed by atoms with Gasteiger partial charge < -0.3 is 5.73 Å². The maximum Gasteiger partial charge on any atom is 0.134 e. The zero-order valence-electron chi connectivity index (χ0n) is 8.02. The molecule has 0 aliphatic heterocycles. The van der Waals surface area contributed by atoms with Crippen molar-refractivity contribution in [1.82, 2.24) is 9.97 Å². The van der Waals surface area contributed by atoms with Crippen LogP contribution in [0.5, 0.6) is 0 Å². The van der Waals surface area contributed by atoms with E-state index in [1.54, 1.807) is 0 Å². The molecular formula is C11H10BrN3. The topological polar surface area (TPSA) is 51.8 Å². The van der Waals surface area contributed by atoms with Gasteiger partial charge in [-0.2, -0.15) is 0 Å². The second-order valence-corrected chi connectivity index (χ2v) is 3.74. The first-order valence-corrected chi connectivity index (χ1v) is 5.66. The van der Waals surface area contributed by atoms with Gasteiger partial charge >= 0.3 is 0 Å². The summed E-state index contributed by atoms with van der Waals surface area (Å²) in [6.07, 6.45) is 5.54. The van der Waals surface area contributed by atoms with Crippen LogP contribution in [0, 0.1) is 0 Å². The maximum atomic E-state index is 5.77. The van der Waals surface area contributed by atoms with Crippen molar-refractivity contribution < 1.29 is 0 Å². The van der Waals surface area contributed by atoms with Crippen molar-refractivity contribution in [3.05, 3.63) is 36.2 Å². The number of alkyl halides is 1. The monoisotopic (exact) mass is 263 g/mol. The number of benzene rings is 1. The number of hydrogen-bond donors (Lipinski definition) is 1. The van der Waals surface area contributed by atoms with E-state index >= 15 is 0 Å². The molecule has 0 amide bonds. The zero-order chi connectivity index (χ0) is 10.7. The summed E-state index contributed by atoms with van der Waals surface area (Å²) >= 11 is 3.33. The number of fused-ring (bicyclic) bond motifs is 1. The van der Waals surface area contributed by atoms with E-state index in [9.17, 15) is 0 Å². The molecule has 15 heavy (non-hydrogen) atoms. The highest BCUT2D eigenvalue weighted by molar-refractivity contribution is 9.09. The molecule has 1 aromatic carbocycles. The third-order valence-electron chi connectivity index (χ3n) is 2.09. The molecule has 2 rings (SSSR count). The molecule has 0 aliphatic carbocycles. The van der Waals surface area contributed by atoms with E-state index in [0.29, 0.717) is 5.82 Å². The van der Waals surface area contributed by atoms with Crippen molar-refractivity contribution in [2.24, 2.45) is 0 Å². The first-order chi connectivity index (χ1) is 7.31. The standard InChI is InChI=1S/C11H10BrN3/c12-5-1-2-8-3-4-10-9(6-8)11(13)15-7-14-10/h1-4,6-7H,5H2,(H2,13,14,15). The van der Waals surface area contributed by atoms with E-state index in [1.807, 2.05) is 30.4 Å². The Morgan fingerprint density at radius 3 is 3.00 bits per heavy atom. The van der Waals surface area contributed by atoms with Crippen molar-refractivity contribution in [1.29, 1.82) is 0 Å². The van der Waals surface area contributed by atoms with Crippen LogP contribution in [-0.4, -0.2) is 15.3 Å². The lowest BCUT2D eigenvalue weighted by molar-refractivity contribution is 1.23. The van der Waals surface area contributed by atoms with Gasteiger partial charge in [0.2, 0.25) is 0 Å². The van der Waals surface area contributed by atoms with Gasteiger partial charge in [0.15, 0.2) is 0 Å². The highest BCUT2D eigenvalue weighted by Crippen LogP contribution is 2.18. The van der Waals surface area contributed by atoms with E-state index < -0.39 is 0 Å². The van der Waals surface area contributed by atoms with Gasteiger partial charge in [0.05, 0.1) is 5.52 Å². The molecule has 0 spiro atoms. The van der Waals surface area contributed by atoms with Crippen molar-refractivity contribution in [2.45, 2.75) is 0 Å². The van der Waals surface area contributed by atoms with E-state index in [-0.39, 0.29) is 0 Å². The van der Waals surface area contributed by atoms with Crippen molar-refractivity contribution >= 4 is 38.7 Å². The average molecular weight is 264 g/mol. The van der Waals surface area contributed by atoms with Gasteiger partial charge in [-0.15, -0.1) is 0 Å². The van der Waals surface area contributed by atoms with Gasteiger partial charge in [-0.25, -0.2) is 9.97 Å². The number of hydrogen-bond acceptors (Lipinski definition) is 3.